The van der Waals surface area contributed by atoms with Gasteiger partial charge in [-0.2, -0.15) is 0 Å². The van der Waals surface area contributed by atoms with Gasteiger partial charge in [0.05, 0.1) is 5.69 Å². The van der Waals surface area contributed by atoms with Crippen molar-refractivity contribution in [3.05, 3.63) is 52.0 Å². The maximum absolute atomic E-state index is 11.2. The average molecular weight is 466 g/mol. The van der Waals surface area contributed by atoms with Crippen LogP contribution in [-0.4, -0.2) is 54.0 Å². The first-order valence-electron chi connectivity index (χ1n) is 10.2. The Morgan fingerprint density at radius 3 is 2.68 bits per heavy atom. The second-order valence-electron chi connectivity index (χ2n) is 8.11. The lowest BCUT2D eigenvalue weighted by molar-refractivity contribution is -0.00191. The molecule has 166 valence electrons. The van der Waals surface area contributed by atoms with Crippen LogP contribution in [0, 0.1) is 0 Å². The summed E-state index contributed by atoms with van der Waals surface area (Å²) >= 11 is 12.1. The van der Waals surface area contributed by atoms with Gasteiger partial charge in [0.15, 0.2) is 0 Å². The van der Waals surface area contributed by atoms with Crippen molar-refractivity contribution in [1.29, 1.82) is 0 Å². The molecule has 0 radical (unpaired) electrons. The van der Waals surface area contributed by atoms with Crippen molar-refractivity contribution in [3.63, 3.8) is 0 Å². The number of halogens is 2. The van der Waals surface area contributed by atoms with Crippen molar-refractivity contribution in [3.8, 4) is 11.5 Å². The minimum atomic E-state index is -0.714. The number of likely N-dealkylation sites (tertiary alicyclic amines) is 1. The molecule has 4 N–H and O–H groups in total. The smallest absolute Gasteiger partial charge is 0.316 e. The lowest BCUT2D eigenvalue weighted by Crippen LogP contribution is -2.49. The first-order valence-corrected chi connectivity index (χ1v) is 10.9. The van der Waals surface area contributed by atoms with Crippen molar-refractivity contribution in [2.45, 2.75) is 31.0 Å². The van der Waals surface area contributed by atoms with E-state index < -0.39 is 12.1 Å². The first kappa shape index (κ1) is 22.0. The van der Waals surface area contributed by atoms with Crippen molar-refractivity contribution >= 4 is 34.9 Å². The number of nitrogens with zero attached hydrogens (tertiary/aromatic N) is 1. The summed E-state index contributed by atoms with van der Waals surface area (Å²) < 4.78 is 12.0. The number of nitrogens with two attached hydrogens (primary N) is 1. The molecule has 7 nitrogen and oxygen atoms in total. The fraction of sp³-hybridized carbons (Fsp3) is 0.409. The number of rotatable bonds is 6. The van der Waals surface area contributed by atoms with Gasteiger partial charge in [0.1, 0.15) is 29.8 Å². The lowest BCUT2D eigenvalue weighted by Gasteiger charge is -2.39. The van der Waals surface area contributed by atoms with Crippen LogP contribution in [0.3, 0.4) is 0 Å². The highest BCUT2D eigenvalue weighted by Crippen LogP contribution is 2.42. The fourth-order valence-corrected chi connectivity index (χ4v) is 4.59. The van der Waals surface area contributed by atoms with E-state index in [0.717, 1.165) is 48.7 Å². The number of piperidine rings is 1. The maximum Gasteiger partial charge on any atom is 0.316 e. The summed E-state index contributed by atoms with van der Waals surface area (Å²) in [5, 5.41) is 14.1. The normalized spacial score (nSPS) is 18.3. The van der Waals surface area contributed by atoms with Gasteiger partial charge >= 0.3 is 6.03 Å². The average Bonchev–Trinajstić information content (AvgIpc) is 3.06. The summed E-state index contributed by atoms with van der Waals surface area (Å²) in [6.45, 7) is 2.22. The third-order valence-corrected chi connectivity index (χ3v) is 6.20. The number of hydrogen-bond donors (Lipinski definition) is 3. The zero-order valence-corrected chi connectivity index (χ0v) is 18.5. The van der Waals surface area contributed by atoms with E-state index >= 15 is 0 Å². The summed E-state index contributed by atoms with van der Waals surface area (Å²) in [5.74, 6) is 1.32. The summed E-state index contributed by atoms with van der Waals surface area (Å²) in [5.41, 5.74) is 6.54. The monoisotopic (exact) mass is 465 g/mol. The summed E-state index contributed by atoms with van der Waals surface area (Å²) in [6.07, 6.45) is 1.95. The molecule has 1 spiro atoms. The standard InChI is InChI=1S/C22H25Cl2N3O4/c23-15-1-3-19-14(9-15)11-22(31-19)5-7-27(8-6-22)12-17(28)13-30-20-4-2-16(24)10-18(20)26-21(25)29/h1-4,9-10,17,28H,5-8,11-13H2,(H3,25,26,29)/t17-/m1/s1. The number of β-amino-alcohol motifs (C(OH)–C–C–N with tert-alkyl or cyclic N) is 1. The van der Waals surface area contributed by atoms with Crippen LogP contribution in [0.15, 0.2) is 36.4 Å². The molecular weight excluding hydrogens is 441 g/mol. The quantitative estimate of drug-likeness (QED) is 0.604. The molecule has 9 heteroatoms. The Kier molecular flexibility index (Phi) is 6.48. The zero-order valence-electron chi connectivity index (χ0n) is 16.9. The molecule has 2 aromatic rings. The van der Waals surface area contributed by atoms with E-state index in [1.54, 1.807) is 18.2 Å². The van der Waals surface area contributed by atoms with E-state index in [9.17, 15) is 9.90 Å². The molecule has 0 aromatic heterocycles. The topological polar surface area (TPSA) is 97.1 Å². The summed E-state index contributed by atoms with van der Waals surface area (Å²) in [4.78, 5) is 13.4. The SMILES string of the molecule is NC(=O)Nc1cc(Cl)ccc1OC[C@H](O)CN1CCC2(CC1)Cc1cc(Cl)ccc1O2. The van der Waals surface area contributed by atoms with Crippen LogP contribution in [0.1, 0.15) is 18.4 Å². The van der Waals surface area contributed by atoms with Gasteiger partial charge in [0, 0.05) is 48.9 Å². The van der Waals surface area contributed by atoms with Gasteiger partial charge in [-0.3, -0.25) is 0 Å². The number of hydrogen-bond acceptors (Lipinski definition) is 5. The Balaban J connectivity index is 1.27. The highest BCUT2D eigenvalue weighted by atomic mass is 35.5. The van der Waals surface area contributed by atoms with Gasteiger partial charge in [-0.25, -0.2) is 4.79 Å². The number of aliphatic hydroxyl groups is 1. The van der Waals surface area contributed by atoms with E-state index in [2.05, 4.69) is 10.2 Å². The number of nitrogens with one attached hydrogen (secondary N) is 1. The predicted octanol–water partition coefficient (Wildman–Crippen LogP) is 3.69. The molecule has 0 saturated carbocycles. The molecule has 1 atom stereocenters. The van der Waals surface area contributed by atoms with Gasteiger partial charge in [0.25, 0.3) is 0 Å². The van der Waals surface area contributed by atoms with Gasteiger partial charge < -0.3 is 30.5 Å². The number of carbonyl (C=O) groups is 1. The number of urea groups is 1. The van der Waals surface area contributed by atoms with Crippen molar-refractivity contribution in [1.82, 2.24) is 4.90 Å². The van der Waals surface area contributed by atoms with Gasteiger partial charge in [-0.15, -0.1) is 0 Å². The van der Waals surface area contributed by atoms with Crippen LogP contribution < -0.4 is 20.5 Å². The Bertz CT molecular complexity index is 964. The Morgan fingerprint density at radius 2 is 1.94 bits per heavy atom. The van der Waals surface area contributed by atoms with Gasteiger partial charge in [0.2, 0.25) is 0 Å². The molecule has 0 bridgehead atoms. The first-order chi connectivity index (χ1) is 14.8. The Hall–Kier alpha value is -2.19. The van der Waals surface area contributed by atoms with E-state index in [0.29, 0.717) is 23.0 Å². The molecule has 0 aliphatic carbocycles. The van der Waals surface area contributed by atoms with Gasteiger partial charge in [-0.1, -0.05) is 23.2 Å². The molecule has 31 heavy (non-hydrogen) atoms. The van der Waals surface area contributed by atoms with E-state index in [-0.39, 0.29) is 12.2 Å². The molecule has 0 unspecified atom stereocenters. The van der Waals surface area contributed by atoms with E-state index in [1.165, 1.54) is 0 Å². The summed E-state index contributed by atoms with van der Waals surface area (Å²) in [7, 11) is 0. The Labute approximate surface area is 191 Å². The number of fused-ring (bicyclic) bond motifs is 1. The zero-order chi connectivity index (χ0) is 22.0. The highest BCUT2D eigenvalue weighted by Gasteiger charge is 2.42. The number of aliphatic hydroxyl groups excluding tert-OH is 1. The Morgan fingerprint density at radius 1 is 1.23 bits per heavy atom. The second kappa shape index (κ2) is 9.12. The van der Waals surface area contributed by atoms with Crippen LogP contribution in [0.2, 0.25) is 10.0 Å². The molecule has 2 aromatic carbocycles. The molecule has 1 saturated heterocycles. The van der Waals surface area contributed by atoms with Crippen LogP contribution in [0.5, 0.6) is 11.5 Å². The minimum absolute atomic E-state index is 0.0805. The van der Waals surface area contributed by atoms with Crippen LogP contribution in [0.4, 0.5) is 10.5 Å². The molecule has 1 fully saturated rings. The third-order valence-electron chi connectivity index (χ3n) is 5.73. The van der Waals surface area contributed by atoms with Crippen LogP contribution in [-0.2, 0) is 6.42 Å². The van der Waals surface area contributed by atoms with Crippen molar-refractivity contribution < 1.29 is 19.4 Å². The molecule has 2 aliphatic heterocycles. The lowest BCUT2D eigenvalue weighted by atomic mass is 9.87. The molecule has 2 heterocycles. The van der Waals surface area contributed by atoms with E-state index in [1.807, 2.05) is 18.2 Å². The van der Waals surface area contributed by atoms with E-state index in [4.69, 9.17) is 38.4 Å². The molecule has 2 aliphatic rings. The fourth-order valence-electron chi connectivity index (χ4n) is 4.22. The molecule has 4 rings (SSSR count). The van der Waals surface area contributed by atoms with Crippen molar-refractivity contribution in [2.75, 3.05) is 31.6 Å². The van der Waals surface area contributed by atoms with Gasteiger partial charge in [-0.05, 0) is 42.0 Å². The number of ether oxygens (including phenoxy) is 2. The molecular formula is C22H25Cl2N3O4. The second-order valence-corrected chi connectivity index (χ2v) is 8.98. The number of anilines is 1. The minimum Gasteiger partial charge on any atom is -0.489 e. The summed E-state index contributed by atoms with van der Waals surface area (Å²) in [6, 6.07) is 9.89. The number of benzene rings is 2. The number of primary amides is 1. The predicted molar refractivity (Wildman–Crippen MR) is 120 cm³/mol. The number of carbonyl (C=O) groups excluding carboxylic acids is 1. The molecule has 2 amide bonds. The highest BCUT2D eigenvalue weighted by molar-refractivity contribution is 6.31. The van der Waals surface area contributed by atoms with Crippen molar-refractivity contribution in [2.24, 2.45) is 5.73 Å². The maximum atomic E-state index is 11.2. The largest absolute Gasteiger partial charge is 0.489 e. The van der Waals surface area contributed by atoms with Crippen LogP contribution >= 0.6 is 23.2 Å². The van der Waals surface area contributed by atoms with Crippen LogP contribution in [0.25, 0.3) is 0 Å². The number of amides is 2. The third kappa shape index (κ3) is 5.36.